The number of carbonyl (C=O) groups is 1. The summed E-state index contributed by atoms with van der Waals surface area (Å²) in [5.74, 6) is -0.0313. The molecule has 0 fully saturated rings. The predicted molar refractivity (Wildman–Crippen MR) is 115 cm³/mol. The van der Waals surface area contributed by atoms with E-state index in [1.807, 2.05) is 36.4 Å². The van der Waals surface area contributed by atoms with Crippen molar-refractivity contribution < 1.29 is 24.5 Å². The molecule has 7 heteroatoms. The number of hydrogen-bond donors (Lipinski definition) is 3. The van der Waals surface area contributed by atoms with Gasteiger partial charge < -0.3 is 19.7 Å². The van der Waals surface area contributed by atoms with Gasteiger partial charge in [-0.05, 0) is 29.7 Å². The molecule has 2 atom stereocenters. The standard InChI is InChI=1S/C22H22BrNO5/c1-28-20(11-12-25)21(17-13-15(23)9-10-19(17)26)29-22(27)24-18-8-4-6-14-5-2-3-7-16(14)18/h2-10,13,20-21,25-26H,11-12H2,1H3,(H,24,27)/t20-,21-/m0/s1. The summed E-state index contributed by atoms with van der Waals surface area (Å²) in [5.41, 5.74) is 0.995. The van der Waals surface area contributed by atoms with Gasteiger partial charge in [-0.3, -0.25) is 5.32 Å². The number of phenols is 1. The summed E-state index contributed by atoms with van der Waals surface area (Å²) in [6.45, 7) is -0.155. The molecule has 3 rings (SSSR count). The van der Waals surface area contributed by atoms with Crippen molar-refractivity contribution in [3.8, 4) is 5.75 Å². The Morgan fingerprint density at radius 1 is 1.14 bits per heavy atom. The quantitative estimate of drug-likeness (QED) is 0.462. The Balaban J connectivity index is 1.88. The molecule has 0 spiro atoms. The Kier molecular flexibility index (Phi) is 7.09. The van der Waals surface area contributed by atoms with Crippen LogP contribution in [0.4, 0.5) is 10.5 Å². The maximum atomic E-state index is 12.7. The Hall–Kier alpha value is -2.61. The number of amides is 1. The van der Waals surface area contributed by atoms with Crippen LogP contribution in [0.25, 0.3) is 10.8 Å². The lowest BCUT2D eigenvalue weighted by atomic mass is 10.0. The number of aromatic hydroxyl groups is 1. The van der Waals surface area contributed by atoms with E-state index in [0.29, 0.717) is 15.7 Å². The fourth-order valence-electron chi connectivity index (χ4n) is 3.20. The van der Waals surface area contributed by atoms with Crippen LogP contribution < -0.4 is 5.32 Å². The monoisotopic (exact) mass is 459 g/mol. The highest BCUT2D eigenvalue weighted by atomic mass is 79.9. The highest BCUT2D eigenvalue weighted by Gasteiger charge is 2.29. The van der Waals surface area contributed by atoms with Gasteiger partial charge >= 0.3 is 6.09 Å². The second-order valence-electron chi connectivity index (χ2n) is 6.47. The number of nitrogens with one attached hydrogen (secondary N) is 1. The number of anilines is 1. The zero-order valence-corrected chi connectivity index (χ0v) is 17.4. The van der Waals surface area contributed by atoms with Gasteiger partial charge in [-0.1, -0.05) is 52.3 Å². The van der Waals surface area contributed by atoms with Crippen LogP contribution in [-0.4, -0.2) is 36.1 Å². The third-order valence-electron chi connectivity index (χ3n) is 4.61. The van der Waals surface area contributed by atoms with Crippen molar-refractivity contribution in [2.75, 3.05) is 19.0 Å². The van der Waals surface area contributed by atoms with Crippen LogP contribution in [0.5, 0.6) is 5.75 Å². The molecule has 0 heterocycles. The number of benzene rings is 3. The number of rotatable bonds is 7. The molecule has 152 valence electrons. The van der Waals surface area contributed by atoms with Crippen LogP contribution >= 0.6 is 15.9 Å². The summed E-state index contributed by atoms with van der Waals surface area (Å²) in [5, 5.41) is 24.3. The zero-order valence-electron chi connectivity index (χ0n) is 15.8. The molecule has 3 aromatic rings. The molecule has 0 aliphatic heterocycles. The summed E-state index contributed by atoms with van der Waals surface area (Å²) in [4.78, 5) is 12.7. The third kappa shape index (κ3) is 5.06. The molecule has 0 aliphatic carbocycles. The van der Waals surface area contributed by atoms with Crippen LogP contribution in [0.1, 0.15) is 18.1 Å². The number of hydrogen-bond acceptors (Lipinski definition) is 5. The van der Waals surface area contributed by atoms with Gasteiger partial charge in [-0.25, -0.2) is 4.79 Å². The number of ether oxygens (including phenoxy) is 2. The first-order chi connectivity index (χ1) is 14.0. The fraction of sp³-hybridized carbons (Fsp3) is 0.227. The molecule has 29 heavy (non-hydrogen) atoms. The Morgan fingerprint density at radius 2 is 1.90 bits per heavy atom. The minimum atomic E-state index is -0.917. The molecular weight excluding hydrogens is 438 g/mol. The topological polar surface area (TPSA) is 88.0 Å². The van der Waals surface area contributed by atoms with Gasteiger partial charge in [0.2, 0.25) is 0 Å². The number of phenolic OH excluding ortho intramolecular Hbond substituents is 1. The Morgan fingerprint density at radius 3 is 2.66 bits per heavy atom. The molecule has 0 unspecified atom stereocenters. The predicted octanol–water partition coefficient (Wildman–Crippen LogP) is 5.00. The van der Waals surface area contributed by atoms with Gasteiger partial charge in [0.25, 0.3) is 0 Å². The molecule has 3 aromatic carbocycles. The second-order valence-corrected chi connectivity index (χ2v) is 7.38. The van der Waals surface area contributed by atoms with Crippen LogP contribution in [0.15, 0.2) is 65.1 Å². The molecule has 1 amide bonds. The smallest absolute Gasteiger partial charge is 0.412 e. The zero-order chi connectivity index (χ0) is 20.8. The largest absolute Gasteiger partial charge is 0.508 e. The number of carbonyl (C=O) groups excluding carboxylic acids is 1. The lowest BCUT2D eigenvalue weighted by Crippen LogP contribution is -2.29. The van der Waals surface area contributed by atoms with Gasteiger partial charge in [0.1, 0.15) is 11.9 Å². The molecular formula is C22H22BrNO5. The average molecular weight is 460 g/mol. The molecule has 0 radical (unpaired) electrons. The van der Waals surface area contributed by atoms with E-state index in [-0.39, 0.29) is 18.8 Å². The number of aliphatic hydroxyl groups excluding tert-OH is 1. The SMILES string of the molecule is CO[C@@H](CCO)[C@@H](OC(=O)Nc1cccc2ccccc12)c1cc(Br)ccc1O. The van der Waals surface area contributed by atoms with Crippen molar-refractivity contribution in [2.24, 2.45) is 0 Å². The molecule has 0 saturated carbocycles. The van der Waals surface area contributed by atoms with Crippen LogP contribution in [0.2, 0.25) is 0 Å². The van der Waals surface area contributed by atoms with E-state index >= 15 is 0 Å². The summed E-state index contributed by atoms with van der Waals surface area (Å²) in [7, 11) is 1.47. The highest BCUT2D eigenvalue weighted by molar-refractivity contribution is 9.10. The third-order valence-corrected chi connectivity index (χ3v) is 5.10. The van der Waals surface area contributed by atoms with Crippen molar-refractivity contribution >= 4 is 38.5 Å². The highest BCUT2D eigenvalue weighted by Crippen LogP contribution is 2.34. The van der Waals surface area contributed by atoms with E-state index < -0.39 is 18.3 Å². The first-order valence-electron chi connectivity index (χ1n) is 9.11. The van der Waals surface area contributed by atoms with Crippen molar-refractivity contribution in [2.45, 2.75) is 18.6 Å². The second kappa shape index (κ2) is 9.73. The first kappa shape index (κ1) is 21.1. The summed E-state index contributed by atoms with van der Waals surface area (Å²) >= 11 is 3.36. The fourth-order valence-corrected chi connectivity index (χ4v) is 3.58. The van der Waals surface area contributed by atoms with Crippen molar-refractivity contribution in [3.63, 3.8) is 0 Å². The minimum Gasteiger partial charge on any atom is -0.508 e. The van der Waals surface area contributed by atoms with Crippen molar-refractivity contribution in [3.05, 3.63) is 70.7 Å². The van der Waals surface area contributed by atoms with Gasteiger partial charge in [0.15, 0.2) is 6.10 Å². The van der Waals surface area contributed by atoms with Crippen molar-refractivity contribution in [1.82, 2.24) is 0 Å². The first-order valence-corrected chi connectivity index (χ1v) is 9.90. The van der Waals surface area contributed by atoms with Gasteiger partial charge in [-0.15, -0.1) is 0 Å². The van der Waals surface area contributed by atoms with Crippen LogP contribution in [0.3, 0.4) is 0 Å². The number of methoxy groups -OCH3 is 1. The number of aliphatic hydroxyl groups is 1. The van der Waals surface area contributed by atoms with E-state index in [1.54, 1.807) is 18.2 Å². The number of halogens is 1. The van der Waals surface area contributed by atoms with E-state index in [4.69, 9.17) is 9.47 Å². The summed E-state index contributed by atoms with van der Waals surface area (Å²) < 4.78 is 11.8. The molecule has 0 saturated heterocycles. The van der Waals surface area contributed by atoms with E-state index in [9.17, 15) is 15.0 Å². The molecule has 0 aromatic heterocycles. The molecule has 6 nitrogen and oxygen atoms in total. The Bertz CT molecular complexity index is 989. The lowest BCUT2D eigenvalue weighted by Gasteiger charge is -2.27. The molecule has 0 bridgehead atoms. The van der Waals surface area contributed by atoms with E-state index in [0.717, 1.165) is 10.8 Å². The van der Waals surface area contributed by atoms with Gasteiger partial charge in [0.05, 0.1) is 5.69 Å². The van der Waals surface area contributed by atoms with Crippen molar-refractivity contribution in [1.29, 1.82) is 0 Å². The maximum absolute atomic E-state index is 12.7. The van der Waals surface area contributed by atoms with Crippen LogP contribution in [0, 0.1) is 0 Å². The van der Waals surface area contributed by atoms with E-state index in [2.05, 4.69) is 21.2 Å². The molecule has 0 aliphatic rings. The average Bonchev–Trinajstić information content (AvgIpc) is 2.73. The number of fused-ring (bicyclic) bond motifs is 1. The lowest BCUT2D eigenvalue weighted by molar-refractivity contribution is -0.0314. The minimum absolute atomic E-state index is 0.0313. The summed E-state index contributed by atoms with van der Waals surface area (Å²) in [6, 6.07) is 18.1. The Labute approximate surface area is 177 Å². The van der Waals surface area contributed by atoms with E-state index in [1.165, 1.54) is 13.2 Å². The maximum Gasteiger partial charge on any atom is 0.412 e. The molecule has 3 N–H and O–H groups in total. The van der Waals surface area contributed by atoms with Gasteiger partial charge in [-0.2, -0.15) is 0 Å². The summed E-state index contributed by atoms with van der Waals surface area (Å²) in [6.07, 6.45) is -2.02. The van der Waals surface area contributed by atoms with Crippen LogP contribution in [-0.2, 0) is 9.47 Å². The normalized spacial score (nSPS) is 13.1. The van der Waals surface area contributed by atoms with Gasteiger partial charge in [0, 0.05) is 35.6 Å².